The van der Waals surface area contributed by atoms with Crippen molar-refractivity contribution in [1.82, 2.24) is 4.90 Å². The molecule has 30 heavy (non-hydrogen) atoms. The van der Waals surface area contributed by atoms with Gasteiger partial charge in [-0.05, 0) is 55.9 Å². The van der Waals surface area contributed by atoms with E-state index in [1.165, 1.54) is 4.31 Å². The first-order valence-electron chi connectivity index (χ1n) is 10.3. The summed E-state index contributed by atoms with van der Waals surface area (Å²) in [5, 5.41) is 2.89. The van der Waals surface area contributed by atoms with E-state index < -0.39 is 10.0 Å². The molecule has 1 aliphatic heterocycles. The molecule has 0 bridgehead atoms. The average molecular weight is 432 g/mol. The molecule has 162 valence electrons. The van der Waals surface area contributed by atoms with Crippen LogP contribution in [0.25, 0.3) is 0 Å². The van der Waals surface area contributed by atoms with Gasteiger partial charge >= 0.3 is 0 Å². The molecule has 2 aromatic carbocycles. The fraction of sp³-hybridized carbons (Fsp3) is 0.409. The van der Waals surface area contributed by atoms with Gasteiger partial charge in [-0.25, -0.2) is 8.42 Å². The number of nitrogens with one attached hydrogen (secondary N) is 1. The maximum atomic E-state index is 12.7. The van der Waals surface area contributed by atoms with Gasteiger partial charge in [-0.2, -0.15) is 0 Å². The van der Waals surface area contributed by atoms with E-state index in [1.807, 2.05) is 18.2 Å². The smallest absolute Gasteiger partial charge is 0.255 e. The molecule has 1 heterocycles. The highest BCUT2D eigenvalue weighted by Gasteiger charge is 2.28. The van der Waals surface area contributed by atoms with Crippen molar-refractivity contribution in [2.24, 2.45) is 0 Å². The van der Waals surface area contributed by atoms with Crippen molar-refractivity contribution in [3.8, 4) is 5.75 Å². The summed E-state index contributed by atoms with van der Waals surface area (Å²) in [6.07, 6.45) is 0.621. The number of rotatable bonds is 9. The van der Waals surface area contributed by atoms with E-state index in [0.717, 1.165) is 19.6 Å². The summed E-state index contributed by atoms with van der Waals surface area (Å²) in [5.41, 5.74) is 1.64. The van der Waals surface area contributed by atoms with Crippen LogP contribution in [-0.4, -0.2) is 57.8 Å². The number of ether oxygens (including phenoxy) is 1. The zero-order valence-electron chi connectivity index (χ0n) is 17.5. The van der Waals surface area contributed by atoms with Crippen LogP contribution in [0.2, 0.25) is 0 Å². The summed E-state index contributed by atoms with van der Waals surface area (Å²) < 4.78 is 31.4. The lowest BCUT2D eigenvalue weighted by atomic mass is 10.2. The molecule has 1 saturated heterocycles. The topological polar surface area (TPSA) is 79.0 Å². The molecule has 1 aliphatic rings. The molecular formula is C22H29N3O4S. The summed E-state index contributed by atoms with van der Waals surface area (Å²) in [5.74, 6) is 0.517. The number of carbonyl (C=O) groups is 1. The number of amides is 1. The Labute approximate surface area is 178 Å². The number of anilines is 2. The monoisotopic (exact) mass is 431 g/mol. The molecule has 0 atom stereocenters. The highest BCUT2D eigenvalue weighted by atomic mass is 32.2. The number of sulfonamides is 1. The SMILES string of the molecule is CCN(CC)CCOc1ccccc1NC(=O)c1ccc(N2CCCS2(=O)=O)cc1. The van der Waals surface area contributed by atoms with Crippen molar-refractivity contribution in [1.29, 1.82) is 0 Å². The van der Waals surface area contributed by atoms with Gasteiger partial charge < -0.3 is 15.0 Å². The molecule has 8 heteroatoms. The van der Waals surface area contributed by atoms with Gasteiger partial charge in [-0.1, -0.05) is 26.0 Å². The molecule has 0 spiro atoms. The van der Waals surface area contributed by atoms with E-state index in [0.29, 0.717) is 42.3 Å². The third kappa shape index (κ3) is 5.31. The van der Waals surface area contributed by atoms with Gasteiger partial charge in [0.1, 0.15) is 12.4 Å². The predicted octanol–water partition coefficient (Wildman–Crippen LogP) is 3.20. The molecule has 1 fully saturated rings. The number of hydrogen-bond donors (Lipinski definition) is 1. The fourth-order valence-corrected chi connectivity index (χ4v) is 4.99. The predicted molar refractivity (Wildman–Crippen MR) is 120 cm³/mol. The van der Waals surface area contributed by atoms with Gasteiger partial charge in [0.25, 0.3) is 5.91 Å². The Morgan fingerprint density at radius 1 is 1.10 bits per heavy atom. The molecule has 0 radical (unpaired) electrons. The number of nitrogens with zero attached hydrogens (tertiary/aromatic N) is 2. The first kappa shape index (κ1) is 22.1. The zero-order valence-corrected chi connectivity index (χ0v) is 18.3. The Balaban J connectivity index is 1.65. The number of carbonyl (C=O) groups excluding carboxylic acids is 1. The van der Waals surface area contributed by atoms with Crippen molar-refractivity contribution in [3.05, 3.63) is 54.1 Å². The summed E-state index contributed by atoms with van der Waals surface area (Å²) in [7, 11) is -3.23. The lowest BCUT2D eigenvalue weighted by Gasteiger charge is -2.19. The Bertz CT molecular complexity index is 957. The zero-order chi connectivity index (χ0) is 21.6. The number of para-hydroxylation sites is 2. The molecule has 3 rings (SSSR count). The first-order chi connectivity index (χ1) is 14.4. The molecule has 0 aromatic heterocycles. The third-order valence-corrected chi connectivity index (χ3v) is 7.08. The van der Waals surface area contributed by atoms with E-state index in [9.17, 15) is 13.2 Å². The van der Waals surface area contributed by atoms with Crippen LogP contribution in [0.4, 0.5) is 11.4 Å². The molecule has 2 aromatic rings. The van der Waals surface area contributed by atoms with Crippen LogP contribution in [-0.2, 0) is 10.0 Å². The summed E-state index contributed by atoms with van der Waals surface area (Å²) in [6.45, 7) is 7.99. The van der Waals surface area contributed by atoms with Crippen LogP contribution < -0.4 is 14.4 Å². The quantitative estimate of drug-likeness (QED) is 0.660. The van der Waals surface area contributed by atoms with Crippen molar-refractivity contribution < 1.29 is 17.9 Å². The van der Waals surface area contributed by atoms with E-state index in [4.69, 9.17) is 4.74 Å². The van der Waals surface area contributed by atoms with Gasteiger partial charge in [-0.15, -0.1) is 0 Å². The normalized spacial score (nSPS) is 15.4. The van der Waals surface area contributed by atoms with Crippen LogP contribution in [0.3, 0.4) is 0 Å². The number of likely N-dealkylation sites (N-methyl/N-ethyl adjacent to an activating group) is 1. The second-order valence-corrected chi connectivity index (χ2v) is 9.13. The van der Waals surface area contributed by atoms with E-state index in [-0.39, 0.29) is 11.7 Å². The maximum absolute atomic E-state index is 12.7. The van der Waals surface area contributed by atoms with Crippen molar-refractivity contribution >= 4 is 27.3 Å². The van der Waals surface area contributed by atoms with Crippen LogP contribution in [0.5, 0.6) is 5.75 Å². The van der Waals surface area contributed by atoms with Gasteiger partial charge in [0, 0.05) is 18.7 Å². The molecule has 0 aliphatic carbocycles. The van der Waals surface area contributed by atoms with Crippen molar-refractivity contribution in [2.45, 2.75) is 20.3 Å². The van der Waals surface area contributed by atoms with Gasteiger partial charge in [0.2, 0.25) is 10.0 Å². The minimum Gasteiger partial charge on any atom is -0.490 e. The summed E-state index contributed by atoms with van der Waals surface area (Å²) in [6, 6.07) is 14.0. The minimum absolute atomic E-state index is 0.167. The van der Waals surface area contributed by atoms with E-state index in [2.05, 4.69) is 24.1 Å². The summed E-state index contributed by atoms with van der Waals surface area (Å²) in [4.78, 5) is 15.0. The van der Waals surface area contributed by atoms with Gasteiger partial charge in [-0.3, -0.25) is 9.10 Å². The second-order valence-electron chi connectivity index (χ2n) is 7.11. The number of hydrogen-bond acceptors (Lipinski definition) is 5. The van der Waals surface area contributed by atoms with E-state index >= 15 is 0 Å². The molecular weight excluding hydrogens is 402 g/mol. The first-order valence-corrected chi connectivity index (χ1v) is 11.9. The van der Waals surface area contributed by atoms with Gasteiger partial charge in [0.15, 0.2) is 0 Å². The van der Waals surface area contributed by atoms with E-state index in [1.54, 1.807) is 30.3 Å². The van der Waals surface area contributed by atoms with Crippen LogP contribution in [0.1, 0.15) is 30.6 Å². The number of benzene rings is 2. The standard InChI is InChI=1S/C22H29N3O4S/c1-3-24(4-2)15-16-29-21-9-6-5-8-20(21)23-22(26)18-10-12-19(13-11-18)25-14-7-17-30(25,27)28/h5-6,8-13H,3-4,7,14-17H2,1-2H3,(H,23,26). The average Bonchev–Trinajstić information content (AvgIpc) is 3.11. The molecule has 0 saturated carbocycles. The Hall–Kier alpha value is -2.58. The molecule has 1 N–H and O–H groups in total. The maximum Gasteiger partial charge on any atom is 0.255 e. The Morgan fingerprint density at radius 3 is 2.43 bits per heavy atom. The highest BCUT2D eigenvalue weighted by molar-refractivity contribution is 7.93. The molecule has 7 nitrogen and oxygen atoms in total. The van der Waals surface area contributed by atoms with Crippen LogP contribution in [0, 0.1) is 0 Å². The fourth-order valence-electron chi connectivity index (χ4n) is 3.42. The molecule has 0 unspecified atom stereocenters. The minimum atomic E-state index is -3.23. The molecule has 1 amide bonds. The van der Waals surface area contributed by atoms with Crippen molar-refractivity contribution in [3.63, 3.8) is 0 Å². The van der Waals surface area contributed by atoms with Crippen molar-refractivity contribution in [2.75, 3.05) is 48.2 Å². The third-order valence-electron chi connectivity index (χ3n) is 5.21. The van der Waals surface area contributed by atoms with Crippen LogP contribution in [0.15, 0.2) is 48.5 Å². The Morgan fingerprint density at radius 2 is 1.80 bits per heavy atom. The summed E-state index contributed by atoms with van der Waals surface area (Å²) >= 11 is 0. The largest absolute Gasteiger partial charge is 0.490 e. The Kier molecular flexibility index (Phi) is 7.33. The lowest BCUT2D eigenvalue weighted by Crippen LogP contribution is -2.28. The van der Waals surface area contributed by atoms with Crippen LogP contribution >= 0.6 is 0 Å². The highest BCUT2D eigenvalue weighted by Crippen LogP contribution is 2.26. The second kappa shape index (κ2) is 9.95. The lowest BCUT2D eigenvalue weighted by molar-refractivity contribution is 0.102. The van der Waals surface area contributed by atoms with Gasteiger partial charge in [0.05, 0.1) is 17.1 Å².